The van der Waals surface area contributed by atoms with Crippen LogP contribution in [-0.4, -0.2) is 29.6 Å². The molecule has 3 rings (SSSR count). The third-order valence-electron chi connectivity index (χ3n) is 4.30. The lowest BCUT2D eigenvalue weighted by molar-refractivity contribution is -0.384. The number of carbonyl (C=O) groups is 2. The predicted molar refractivity (Wildman–Crippen MR) is 120 cm³/mol. The van der Waals surface area contributed by atoms with Gasteiger partial charge in [-0.05, 0) is 37.3 Å². The molecule has 162 valence electrons. The molecule has 0 radical (unpaired) electrons. The summed E-state index contributed by atoms with van der Waals surface area (Å²) in [7, 11) is 0. The molecule has 0 aromatic heterocycles. The first kappa shape index (κ1) is 22.2. The monoisotopic (exact) mass is 432 g/mol. The molecule has 0 heterocycles. The van der Waals surface area contributed by atoms with Crippen molar-refractivity contribution in [2.75, 3.05) is 11.9 Å². The van der Waals surface area contributed by atoms with E-state index >= 15 is 0 Å². The van der Waals surface area contributed by atoms with E-state index < -0.39 is 10.8 Å². The standard InChI is InChI=1S/C23H20N4O5/c1-16-9-11-19(12-10-16)25-22(28)15-32-21-8-3-2-5-18(21)14-24-26-23(29)17-6-4-7-20(13-17)27(30)31/h2-14H,15H2,1H3,(H,25,28)(H,26,29)/b24-14+. The number of hydrogen-bond donors (Lipinski definition) is 2. The van der Waals surface area contributed by atoms with Gasteiger partial charge in [-0.25, -0.2) is 5.43 Å². The number of nitrogens with one attached hydrogen (secondary N) is 2. The van der Waals surface area contributed by atoms with Gasteiger partial charge in [0.1, 0.15) is 5.75 Å². The van der Waals surface area contributed by atoms with Gasteiger partial charge in [0.25, 0.3) is 17.5 Å². The second kappa shape index (κ2) is 10.5. The van der Waals surface area contributed by atoms with Gasteiger partial charge in [0, 0.05) is 28.9 Å². The molecule has 9 nitrogen and oxygen atoms in total. The zero-order chi connectivity index (χ0) is 22.9. The first-order valence-corrected chi connectivity index (χ1v) is 9.58. The van der Waals surface area contributed by atoms with Gasteiger partial charge >= 0.3 is 0 Å². The molecule has 0 spiro atoms. The second-order valence-electron chi connectivity index (χ2n) is 6.75. The number of nitro groups is 1. The third kappa shape index (κ3) is 6.23. The molecule has 3 aromatic rings. The third-order valence-corrected chi connectivity index (χ3v) is 4.30. The van der Waals surface area contributed by atoms with Crippen LogP contribution in [0.2, 0.25) is 0 Å². The number of anilines is 1. The second-order valence-corrected chi connectivity index (χ2v) is 6.75. The number of carbonyl (C=O) groups excluding carboxylic acids is 2. The maximum absolute atomic E-state index is 12.2. The summed E-state index contributed by atoms with van der Waals surface area (Å²) in [5.41, 5.74) is 4.53. The van der Waals surface area contributed by atoms with Crippen LogP contribution in [0.25, 0.3) is 0 Å². The topological polar surface area (TPSA) is 123 Å². The van der Waals surface area contributed by atoms with E-state index in [0.29, 0.717) is 17.0 Å². The van der Waals surface area contributed by atoms with E-state index in [1.54, 1.807) is 36.4 Å². The summed E-state index contributed by atoms with van der Waals surface area (Å²) in [5, 5.41) is 17.5. The summed E-state index contributed by atoms with van der Waals surface area (Å²) in [4.78, 5) is 34.6. The summed E-state index contributed by atoms with van der Waals surface area (Å²) in [6.07, 6.45) is 1.36. The van der Waals surface area contributed by atoms with Gasteiger partial charge in [0.15, 0.2) is 6.61 Å². The van der Waals surface area contributed by atoms with Crippen molar-refractivity contribution in [3.05, 3.63) is 99.6 Å². The fourth-order valence-corrected chi connectivity index (χ4v) is 2.68. The normalized spacial score (nSPS) is 10.5. The van der Waals surface area contributed by atoms with E-state index in [1.807, 2.05) is 19.1 Å². The highest BCUT2D eigenvalue weighted by molar-refractivity contribution is 5.95. The number of para-hydroxylation sites is 1. The van der Waals surface area contributed by atoms with Gasteiger partial charge < -0.3 is 10.1 Å². The molecule has 0 aliphatic carbocycles. The van der Waals surface area contributed by atoms with Crippen LogP contribution in [0.1, 0.15) is 21.5 Å². The molecular formula is C23H20N4O5. The average molecular weight is 432 g/mol. The van der Waals surface area contributed by atoms with Crippen LogP contribution in [0, 0.1) is 17.0 Å². The number of amides is 2. The Morgan fingerprint density at radius 2 is 1.81 bits per heavy atom. The smallest absolute Gasteiger partial charge is 0.271 e. The number of ether oxygens (including phenoxy) is 1. The number of hydrogen-bond acceptors (Lipinski definition) is 6. The van der Waals surface area contributed by atoms with Crippen LogP contribution in [-0.2, 0) is 4.79 Å². The summed E-state index contributed by atoms with van der Waals surface area (Å²) < 4.78 is 5.59. The molecule has 9 heteroatoms. The molecule has 2 N–H and O–H groups in total. The van der Waals surface area contributed by atoms with Crippen LogP contribution in [0.15, 0.2) is 77.9 Å². The molecule has 0 atom stereocenters. The fraction of sp³-hybridized carbons (Fsp3) is 0.0870. The van der Waals surface area contributed by atoms with Crippen molar-refractivity contribution < 1.29 is 19.2 Å². The number of aryl methyl sites for hydroxylation is 1. The molecular weight excluding hydrogens is 412 g/mol. The van der Waals surface area contributed by atoms with Crippen LogP contribution < -0.4 is 15.5 Å². The zero-order valence-electron chi connectivity index (χ0n) is 17.1. The molecule has 3 aromatic carbocycles. The maximum atomic E-state index is 12.2. The fourth-order valence-electron chi connectivity index (χ4n) is 2.68. The molecule has 0 bridgehead atoms. The van der Waals surface area contributed by atoms with Crippen molar-refractivity contribution in [3.8, 4) is 5.75 Å². The molecule has 32 heavy (non-hydrogen) atoms. The van der Waals surface area contributed by atoms with E-state index in [2.05, 4.69) is 15.8 Å². The minimum Gasteiger partial charge on any atom is -0.483 e. The molecule has 0 saturated heterocycles. The highest BCUT2D eigenvalue weighted by atomic mass is 16.6. The number of nitrogens with zero attached hydrogens (tertiary/aromatic N) is 2. The van der Waals surface area contributed by atoms with Gasteiger partial charge in [-0.1, -0.05) is 35.9 Å². The number of rotatable bonds is 8. The lowest BCUT2D eigenvalue weighted by Gasteiger charge is -2.09. The van der Waals surface area contributed by atoms with E-state index in [0.717, 1.165) is 11.6 Å². The molecule has 0 unspecified atom stereocenters. The summed E-state index contributed by atoms with van der Waals surface area (Å²) in [6, 6.07) is 19.6. The van der Waals surface area contributed by atoms with Gasteiger partial charge in [0.05, 0.1) is 11.1 Å². The van der Waals surface area contributed by atoms with Gasteiger partial charge in [-0.15, -0.1) is 0 Å². The van der Waals surface area contributed by atoms with Gasteiger partial charge in [-0.3, -0.25) is 19.7 Å². The number of hydrazone groups is 1. The Balaban J connectivity index is 1.58. The van der Waals surface area contributed by atoms with Crippen molar-refractivity contribution >= 4 is 29.4 Å². The first-order chi connectivity index (χ1) is 15.4. The van der Waals surface area contributed by atoms with Crippen LogP contribution in [0.4, 0.5) is 11.4 Å². The van der Waals surface area contributed by atoms with Crippen molar-refractivity contribution in [2.45, 2.75) is 6.92 Å². The van der Waals surface area contributed by atoms with Crippen molar-refractivity contribution in [1.29, 1.82) is 0 Å². The molecule has 0 aliphatic heterocycles. The number of non-ortho nitro benzene ring substituents is 1. The Morgan fingerprint density at radius 3 is 2.56 bits per heavy atom. The number of nitro benzene ring substituents is 1. The Hall–Kier alpha value is -4.53. The quantitative estimate of drug-likeness (QED) is 0.319. The molecule has 0 fully saturated rings. The van der Waals surface area contributed by atoms with E-state index in [9.17, 15) is 19.7 Å². The molecule has 0 aliphatic rings. The zero-order valence-corrected chi connectivity index (χ0v) is 17.1. The van der Waals surface area contributed by atoms with Crippen LogP contribution in [0.5, 0.6) is 5.75 Å². The minimum atomic E-state index is -0.596. The Kier molecular flexibility index (Phi) is 7.26. The molecule has 0 saturated carbocycles. The highest BCUT2D eigenvalue weighted by Gasteiger charge is 2.11. The van der Waals surface area contributed by atoms with Crippen LogP contribution >= 0.6 is 0 Å². The lowest BCUT2D eigenvalue weighted by atomic mass is 10.2. The van der Waals surface area contributed by atoms with E-state index in [4.69, 9.17) is 4.74 Å². The highest BCUT2D eigenvalue weighted by Crippen LogP contribution is 2.16. The Morgan fingerprint density at radius 1 is 1.06 bits per heavy atom. The summed E-state index contributed by atoms with van der Waals surface area (Å²) >= 11 is 0. The van der Waals surface area contributed by atoms with E-state index in [1.165, 1.54) is 24.4 Å². The summed E-state index contributed by atoms with van der Waals surface area (Å²) in [5.74, 6) is -0.514. The number of benzene rings is 3. The minimum absolute atomic E-state index is 0.105. The lowest BCUT2D eigenvalue weighted by Crippen LogP contribution is -2.20. The van der Waals surface area contributed by atoms with Crippen molar-refractivity contribution in [3.63, 3.8) is 0 Å². The van der Waals surface area contributed by atoms with Crippen molar-refractivity contribution in [2.24, 2.45) is 5.10 Å². The van der Waals surface area contributed by atoms with Gasteiger partial charge in [0.2, 0.25) is 0 Å². The maximum Gasteiger partial charge on any atom is 0.271 e. The Bertz CT molecular complexity index is 1160. The van der Waals surface area contributed by atoms with Gasteiger partial charge in [-0.2, -0.15) is 5.10 Å². The molecule has 2 amide bonds. The largest absolute Gasteiger partial charge is 0.483 e. The summed E-state index contributed by atoms with van der Waals surface area (Å²) in [6.45, 7) is 1.75. The SMILES string of the molecule is Cc1ccc(NC(=O)COc2ccccc2/C=N/NC(=O)c2cccc([N+](=O)[O-])c2)cc1. The first-order valence-electron chi connectivity index (χ1n) is 9.58. The Labute approximate surface area is 183 Å². The van der Waals surface area contributed by atoms with Crippen LogP contribution in [0.3, 0.4) is 0 Å². The van der Waals surface area contributed by atoms with E-state index in [-0.39, 0.29) is 23.8 Å². The van der Waals surface area contributed by atoms with Crippen molar-refractivity contribution in [1.82, 2.24) is 5.43 Å². The average Bonchev–Trinajstić information content (AvgIpc) is 2.80. The predicted octanol–water partition coefficient (Wildman–Crippen LogP) is 3.68.